The monoisotopic (exact) mass is 456 g/mol. The zero-order valence-corrected chi connectivity index (χ0v) is 19.2. The maximum atomic E-state index is 13.2. The van der Waals surface area contributed by atoms with Crippen LogP contribution in [0.5, 0.6) is 5.75 Å². The number of carbonyl (C=O) groups is 1. The van der Waals surface area contributed by atoms with Crippen molar-refractivity contribution in [3.63, 3.8) is 0 Å². The molecule has 4 aromatic rings. The molecule has 1 N–H and O–H groups in total. The average Bonchev–Trinajstić information content (AvgIpc) is 3.24. The second-order valence-corrected chi connectivity index (χ2v) is 8.21. The first kappa shape index (κ1) is 22.2. The molecule has 6 heteroatoms. The summed E-state index contributed by atoms with van der Waals surface area (Å²) in [6.45, 7) is 5.42. The normalized spacial score (nSPS) is 15.2. The highest BCUT2D eigenvalue weighted by Gasteiger charge is 2.31. The standard InChI is InChI=1S/C28H28N2O4/c1-2-33-22-14-12-20(13-15-22)26(30-16-18-32-19-17-30)27-25(23-10-6-7-11-24(23)34-27)29-28(31)21-8-4-3-5-9-21/h3-15,26H,2,16-19H2,1H3,(H,29,31). The Kier molecular flexibility index (Phi) is 6.60. The van der Waals surface area contributed by atoms with Crippen LogP contribution < -0.4 is 10.1 Å². The highest BCUT2D eigenvalue weighted by atomic mass is 16.5. The first-order valence-electron chi connectivity index (χ1n) is 11.7. The van der Waals surface area contributed by atoms with E-state index in [0.29, 0.717) is 31.1 Å². The van der Waals surface area contributed by atoms with Gasteiger partial charge in [0.25, 0.3) is 5.91 Å². The number of anilines is 1. The van der Waals surface area contributed by atoms with Crippen molar-refractivity contribution in [3.05, 3.63) is 95.7 Å². The summed E-state index contributed by atoms with van der Waals surface area (Å²) >= 11 is 0. The molecule has 6 nitrogen and oxygen atoms in total. The van der Waals surface area contributed by atoms with E-state index in [4.69, 9.17) is 13.9 Å². The minimum Gasteiger partial charge on any atom is -0.494 e. The number of hydrogen-bond acceptors (Lipinski definition) is 5. The van der Waals surface area contributed by atoms with Gasteiger partial charge in [0, 0.05) is 24.0 Å². The van der Waals surface area contributed by atoms with Crippen molar-refractivity contribution >= 4 is 22.6 Å². The number of fused-ring (bicyclic) bond motifs is 1. The van der Waals surface area contributed by atoms with E-state index in [1.54, 1.807) is 0 Å². The molecule has 0 bridgehead atoms. The van der Waals surface area contributed by atoms with Crippen LogP contribution in [-0.4, -0.2) is 43.7 Å². The van der Waals surface area contributed by atoms with Crippen molar-refractivity contribution in [2.45, 2.75) is 13.0 Å². The van der Waals surface area contributed by atoms with Crippen LogP contribution >= 0.6 is 0 Å². The summed E-state index contributed by atoms with van der Waals surface area (Å²) in [6, 6.07) is 25.0. The van der Waals surface area contributed by atoms with Crippen molar-refractivity contribution in [3.8, 4) is 5.75 Å². The Bertz CT molecular complexity index is 1240. The third kappa shape index (κ3) is 4.55. The molecule has 1 fully saturated rings. The van der Waals surface area contributed by atoms with Gasteiger partial charge in [-0.2, -0.15) is 0 Å². The number of furan rings is 1. The number of para-hydroxylation sites is 1. The van der Waals surface area contributed by atoms with Crippen LogP contribution in [0, 0.1) is 0 Å². The molecule has 2 heterocycles. The molecule has 1 atom stereocenters. The number of hydrogen-bond donors (Lipinski definition) is 1. The van der Waals surface area contributed by atoms with E-state index < -0.39 is 0 Å². The lowest BCUT2D eigenvalue weighted by molar-refractivity contribution is 0.0206. The van der Waals surface area contributed by atoms with Crippen molar-refractivity contribution in [2.24, 2.45) is 0 Å². The number of nitrogens with one attached hydrogen (secondary N) is 1. The van der Waals surface area contributed by atoms with Crippen molar-refractivity contribution in [1.82, 2.24) is 4.90 Å². The first-order chi connectivity index (χ1) is 16.7. The van der Waals surface area contributed by atoms with E-state index >= 15 is 0 Å². The van der Waals surface area contributed by atoms with Crippen LogP contribution in [0.15, 0.2) is 83.3 Å². The smallest absolute Gasteiger partial charge is 0.255 e. The van der Waals surface area contributed by atoms with Crippen LogP contribution in [0.25, 0.3) is 11.0 Å². The zero-order chi connectivity index (χ0) is 23.3. The first-order valence-corrected chi connectivity index (χ1v) is 11.7. The quantitative estimate of drug-likeness (QED) is 0.398. The number of ether oxygens (including phenoxy) is 2. The van der Waals surface area contributed by atoms with Crippen molar-refractivity contribution in [2.75, 3.05) is 38.2 Å². The minimum absolute atomic E-state index is 0.166. The van der Waals surface area contributed by atoms with Crippen LogP contribution in [-0.2, 0) is 4.74 Å². The van der Waals surface area contributed by atoms with E-state index in [1.165, 1.54) is 0 Å². The number of morpholine rings is 1. The number of rotatable bonds is 7. The van der Waals surface area contributed by atoms with E-state index in [2.05, 4.69) is 22.3 Å². The summed E-state index contributed by atoms with van der Waals surface area (Å²) < 4.78 is 17.7. The van der Waals surface area contributed by atoms with Gasteiger partial charge in [-0.05, 0) is 48.9 Å². The van der Waals surface area contributed by atoms with E-state index in [1.807, 2.05) is 73.7 Å². The van der Waals surface area contributed by atoms with Gasteiger partial charge in [0.1, 0.15) is 17.1 Å². The molecule has 1 amide bonds. The summed E-state index contributed by atoms with van der Waals surface area (Å²) in [5.74, 6) is 1.38. The van der Waals surface area contributed by atoms with Gasteiger partial charge in [-0.1, -0.05) is 42.5 Å². The molecule has 5 rings (SSSR count). The van der Waals surface area contributed by atoms with Gasteiger partial charge < -0.3 is 19.2 Å². The Morgan fingerprint density at radius 3 is 2.41 bits per heavy atom. The van der Waals surface area contributed by atoms with Crippen molar-refractivity contribution < 1.29 is 18.7 Å². The van der Waals surface area contributed by atoms with E-state index in [9.17, 15) is 4.79 Å². The Morgan fingerprint density at radius 2 is 1.68 bits per heavy atom. The summed E-state index contributed by atoms with van der Waals surface area (Å²) in [5.41, 5.74) is 3.11. The van der Waals surface area contributed by atoms with Gasteiger partial charge in [-0.3, -0.25) is 9.69 Å². The molecule has 174 valence electrons. The third-order valence-corrected chi connectivity index (χ3v) is 6.06. The van der Waals surface area contributed by atoms with E-state index in [-0.39, 0.29) is 11.9 Å². The Labute approximate surface area is 199 Å². The lowest BCUT2D eigenvalue weighted by atomic mass is 10.00. The molecule has 1 saturated heterocycles. The summed E-state index contributed by atoms with van der Waals surface area (Å²) in [4.78, 5) is 15.5. The molecule has 0 spiro atoms. The highest BCUT2D eigenvalue weighted by Crippen LogP contribution is 2.41. The molecule has 1 unspecified atom stereocenters. The fraction of sp³-hybridized carbons (Fsp3) is 0.250. The predicted molar refractivity (Wildman–Crippen MR) is 132 cm³/mol. The molecule has 0 saturated carbocycles. The van der Waals surface area contributed by atoms with Crippen LogP contribution in [0.1, 0.15) is 34.6 Å². The predicted octanol–water partition coefficient (Wildman–Crippen LogP) is 5.51. The fourth-order valence-electron chi connectivity index (χ4n) is 4.44. The lowest BCUT2D eigenvalue weighted by Crippen LogP contribution is -2.39. The van der Waals surface area contributed by atoms with Crippen molar-refractivity contribution in [1.29, 1.82) is 0 Å². The molecule has 0 aliphatic carbocycles. The van der Waals surface area contributed by atoms with Gasteiger partial charge in [-0.15, -0.1) is 0 Å². The molecule has 1 aliphatic heterocycles. The van der Waals surface area contributed by atoms with Gasteiger partial charge in [-0.25, -0.2) is 0 Å². The average molecular weight is 457 g/mol. The number of amides is 1. The summed E-state index contributed by atoms with van der Waals surface area (Å²) in [6.07, 6.45) is 0. The molecule has 0 radical (unpaired) electrons. The third-order valence-electron chi connectivity index (χ3n) is 6.06. The Morgan fingerprint density at radius 1 is 0.971 bits per heavy atom. The van der Waals surface area contributed by atoms with E-state index in [0.717, 1.165) is 41.1 Å². The van der Waals surface area contributed by atoms with Gasteiger partial charge >= 0.3 is 0 Å². The lowest BCUT2D eigenvalue weighted by Gasteiger charge is -2.34. The molecular weight excluding hydrogens is 428 g/mol. The van der Waals surface area contributed by atoms with Gasteiger partial charge in [0.05, 0.1) is 31.5 Å². The zero-order valence-electron chi connectivity index (χ0n) is 19.2. The second kappa shape index (κ2) is 10.1. The highest BCUT2D eigenvalue weighted by molar-refractivity contribution is 6.09. The topological polar surface area (TPSA) is 63.9 Å². The van der Waals surface area contributed by atoms with Gasteiger partial charge in [0.15, 0.2) is 0 Å². The second-order valence-electron chi connectivity index (χ2n) is 8.21. The maximum absolute atomic E-state index is 13.2. The fourth-order valence-corrected chi connectivity index (χ4v) is 4.44. The van der Waals surface area contributed by atoms with Crippen LogP contribution in [0.3, 0.4) is 0 Å². The molecule has 1 aliphatic rings. The maximum Gasteiger partial charge on any atom is 0.255 e. The molecule has 34 heavy (non-hydrogen) atoms. The summed E-state index contributed by atoms with van der Waals surface area (Å²) in [5, 5.41) is 4.04. The van der Waals surface area contributed by atoms with Crippen LogP contribution in [0.2, 0.25) is 0 Å². The minimum atomic E-state index is -0.182. The van der Waals surface area contributed by atoms with Crippen LogP contribution in [0.4, 0.5) is 5.69 Å². The molecule has 1 aromatic heterocycles. The Balaban J connectivity index is 1.60. The number of benzene rings is 3. The number of nitrogens with zero attached hydrogens (tertiary/aromatic N) is 1. The largest absolute Gasteiger partial charge is 0.494 e. The molecular formula is C28H28N2O4. The SMILES string of the molecule is CCOc1ccc(C(c2oc3ccccc3c2NC(=O)c2ccccc2)N2CCOCC2)cc1. The Hall–Kier alpha value is -3.61. The molecule has 3 aromatic carbocycles. The summed E-state index contributed by atoms with van der Waals surface area (Å²) in [7, 11) is 0. The van der Waals surface area contributed by atoms with Gasteiger partial charge in [0.2, 0.25) is 0 Å². The number of carbonyl (C=O) groups excluding carboxylic acids is 1.